The molecule has 1 saturated carbocycles. The van der Waals surface area contributed by atoms with Gasteiger partial charge in [0.2, 0.25) is 5.89 Å². The molecule has 0 spiro atoms. The Morgan fingerprint density at radius 2 is 2.00 bits per heavy atom. The predicted molar refractivity (Wildman–Crippen MR) is 60.3 cm³/mol. The number of nitrogens with one attached hydrogen (secondary N) is 1. The minimum absolute atomic E-state index is 0.0365. The fraction of sp³-hybridized carbons (Fsp3) is 0.833. The fourth-order valence-electron chi connectivity index (χ4n) is 2.36. The van der Waals surface area contributed by atoms with Crippen molar-refractivity contribution >= 4 is 0 Å². The van der Waals surface area contributed by atoms with Gasteiger partial charge < -0.3 is 9.84 Å². The second-order valence-corrected chi connectivity index (χ2v) is 5.82. The van der Waals surface area contributed by atoms with Gasteiger partial charge in [0.15, 0.2) is 5.82 Å². The van der Waals surface area contributed by atoms with Crippen LogP contribution in [0.1, 0.15) is 51.2 Å². The van der Waals surface area contributed by atoms with Gasteiger partial charge in [0.05, 0.1) is 5.41 Å². The van der Waals surface area contributed by atoms with Crippen molar-refractivity contribution in [2.24, 2.45) is 0 Å². The van der Waals surface area contributed by atoms with Crippen LogP contribution in [0.25, 0.3) is 0 Å². The third-order valence-corrected chi connectivity index (χ3v) is 4.08. The molecular weight excluding hydrogens is 202 g/mol. The molecule has 3 rings (SSSR count). The molecule has 2 fully saturated rings. The molecule has 0 amide bonds. The van der Waals surface area contributed by atoms with Crippen LogP contribution < -0.4 is 5.32 Å². The third-order valence-electron chi connectivity index (χ3n) is 4.08. The van der Waals surface area contributed by atoms with Crippen LogP contribution in [0.3, 0.4) is 0 Å². The van der Waals surface area contributed by atoms with E-state index in [-0.39, 0.29) is 10.8 Å². The van der Waals surface area contributed by atoms with Gasteiger partial charge in [0.1, 0.15) is 0 Å². The van der Waals surface area contributed by atoms with Crippen molar-refractivity contribution in [3.05, 3.63) is 11.7 Å². The van der Waals surface area contributed by atoms with Gasteiger partial charge in [-0.05, 0) is 39.2 Å². The summed E-state index contributed by atoms with van der Waals surface area (Å²) in [6.45, 7) is 6.48. The van der Waals surface area contributed by atoms with E-state index >= 15 is 0 Å². The monoisotopic (exact) mass is 221 g/mol. The number of hydrogen-bond acceptors (Lipinski definition) is 4. The molecule has 1 saturated heterocycles. The highest BCUT2D eigenvalue weighted by Crippen LogP contribution is 2.46. The first-order valence-corrected chi connectivity index (χ1v) is 6.18. The van der Waals surface area contributed by atoms with Crippen LogP contribution in [0.4, 0.5) is 0 Å². The van der Waals surface area contributed by atoms with Crippen LogP contribution >= 0.6 is 0 Å². The summed E-state index contributed by atoms with van der Waals surface area (Å²) < 4.78 is 5.47. The third kappa shape index (κ3) is 1.56. The molecule has 2 aliphatic rings. The summed E-state index contributed by atoms with van der Waals surface area (Å²) in [5, 5.41) is 7.57. The molecule has 16 heavy (non-hydrogen) atoms. The Morgan fingerprint density at radius 1 is 1.19 bits per heavy atom. The Balaban J connectivity index is 1.85. The first kappa shape index (κ1) is 10.3. The van der Waals surface area contributed by atoms with Crippen LogP contribution in [-0.2, 0) is 10.8 Å². The average molecular weight is 221 g/mol. The summed E-state index contributed by atoms with van der Waals surface area (Å²) in [7, 11) is 0. The van der Waals surface area contributed by atoms with Crippen LogP contribution in [0.15, 0.2) is 4.52 Å². The molecule has 0 radical (unpaired) electrons. The summed E-state index contributed by atoms with van der Waals surface area (Å²) in [5.74, 6) is 1.73. The molecule has 0 bridgehead atoms. The SMILES string of the molecule is CC1(c2noc(C3(C)CCCNC3)n2)CC1. The number of aromatic nitrogens is 2. The zero-order valence-corrected chi connectivity index (χ0v) is 10.0. The highest BCUT2D eigenvalue weighted by molar-refractivity contribution is 5.16. The lowest BCUT2D eigenvalue weighted by Crippen LogP contribution is -2.41. The van der Waals surface area contributed by atoms with Crippen molar-refractivity contribution in [1.29, 1.82) is 0 Å². The Kier molecular flexibility index (Phi) is 2.11. The van der Waals surface area contributed by atoms with Gasteiger partial charge in [-0.15, -0.1) is 0 Å². The molecule has 2 heterocycles. The Morgan fingerprint density at radius 3 is 2.62 bits per heavy atom. The summed E-state index contributed by atoms with van der Waals surface area (Å²) in [6, 6.07) is 0. The largest absolute Gasteiger partial charge is 0.339 e. The molecule has 0 aromatic carbocycles. The van der Waals surface area contributed by atoms with Gasteiger partial charge in [-0.3, -0.25) is 0 Å². The zero-order valence-electron chi connectivity index (χ0n) is 10.0. The van der Waals surface area contributed by atoms with Gasteiger partial charge >= 0.3 is 0 Å². The molecule has 1 unspecified atom stereocenters. The first-order chi connectivity index (χ1) is 7.62. The van der Waals surface area contributed by atoms with Crippen molar-refractivity contribution in [3.8, 4) is 0 Å². The van der Waals surface area contributed by atoms with Crippen molar-refractivity contribution in [2.45, 2.75) is 50.4 Å². The topological polar surface area (TPSA) is 51.0 Å². The summed E-state index contributed by atoms with van der Waals surface area (Å²) in [5.41, 5.74) is 0.245. The number of rotatable bonds is 2. The van der Waals surface area contributed by atoms with Crippen LogP contribution in [0.5, 0.6) is 0 Å². The van der Waals surface area contributed by atoms with Crippen LogP contribution in [-0.4, -0.2) is 23.2 Å². The summed E-state index contributed by atoms with van der Waals surface area (Å²) >= 11 is 0. The van der Waals surface area contributed by atoms with Gasteiger partial charge in [-0.2, -0.15) is 4.98 Å². The van der Waals surface area contributed by atoms with E-state index in [0.717, 1.165) is 31.2 Å². The van der Waals surface area contributed by atoms with Crippen LogP contribution in [0, 0.1) is 0 Å². The second-order valence-electron chi connectivity index (χ2n) is 5.82. The van der Waals surface area contributed by atoms with Crippen molar-refractivity contribution in [3.63, 3.8) is 0 Å². The lowest BCUT2D eigenvalue weighted by atomic mass is 9.83. The smallest absolute Gasteiger partial charge is 0.233 e. The Hall–Kier alpha value is -0.900. The van der Waals surface area contributed by atoms with E-state index in [1.54, 1.807) is 0 Å². The molecule has 1 atom stereocenters. The second kappa shape index (κ2) is 3.29. The quantitative estimate of drug-likeness (QED) is 0.826. The summed E-state index contributed by atoms with van der Waals surface area (Å²) in [6.07, 6.45) is 4.71. The van der Waals surface area contributed by atoms with E-state index in [0.29, 0.717) is 0 Å². The maximum atomic E-state index is 5.47. The lowest BCUT2D eigenvalue weighted by molar-refractivity contribution is 0.244. The van der Waals surface area contributed by atoms with E-state index in [2.05, 4.69) is 29.3 Å². The molecule has 1 aliphatic carbocycles. The lowest BCUT2D eigenvalue weighted by Gasteiger charge is -2.30. The van der Waals surface area contributed by atoms with Crippen molar-refractivity contribution < 1.29 is 4.52 Å². The molecule has 1 aromatic heterocycles. The number of hydrogen-bond donors (Lipinski definition) is 1. The van der Waals surface area contributed by atoms with Crippen molar-refractivity contribution in [2.75, 3.05) is 13.1 Å². The Bertz CT molecular complexity index is 389. The maximum Gasteiger partial charge on any atom is 0.233 e. The van der Waals surface area contributed by atoms with E-state index in [1.165, 1.54) is 19.3 Å². The van der Waals surface area contributed by atoms with E-state index in [4.69, 9.17) is 4.52 Å². The molecule has 1 aliphatic heterocycles. The molecule has 88 valence electrons. The summed E-state index contributed by atoms with van der Waals surface area (Å²) in [4.78, 5) is 4.62. The number of nitrogens with zero attached hydrogens (tertiary/aromatic N) is 2. The normalized spacial score (nSPS) is 32.6. The van der Waals surface area contributed by atoms with Gasteiger partial charge in [-0.25, -0.2) is 0 Å². The molecule has 1 aromatic rings. The van der Waals surface area contributed by atoms with E-state index in [9.17, 15) is 0 Å². The Labute approximate surface area is 95.8 Å². The molecule has 4 nitrogen and oxygen atoms in total. The van der Waals surface area contributed by atoms with Gasteiger partial charge in [-0.1, -0.05) is 12.1 Å². The highest BCUT2D eigenvalue weighted by Gasteiger charge is 2.45. The highest BCUT2D eigenvalue weighted by atomic mass is 16.5. The standard InChI is InChI=1S/C12H19N3O/c1-11(5-6-11)9-14-10(16-15-9)12(2)4-3-7-13-8-12/h13H,3-8H2,1-2H3. The van der Waals surface area contributed by atoms with E-state index in [1.807, 2.05) is 0 Å². The van der Waals surface area contributed by atoms with E-state index < -0.39 is 0 Å². The predicted octanol–water partition coefficient (Wildman–Crippen LogP) is 1.76. The molecular formula is C12H19N3O. The van der Waals surface area contributed by atoms with Crippen molar-refractivity contribution in [1.82, 2.24) is 15.5 Å². The first-order valence-electron chi connectivity index (χ1n) is 6.18. The molecule has 4 heteroatoms. The van der Waals surface area contributed by atoms with Gasteiger partial charge in [0, 0.05) is 12.0 Å². The zero-order chi connectivity index (χ0) is 11.2. The number of piperidine rings is 1. The van der Waals surface area contributed by atoms with Crippen LogP contribution in [0.2, 0.25) is 0 Å². The minimum Gasteiger partial charge on any atom is -0.339 e. The minimum atomic E-state index is 0.0365. The average Bonchev–Trinajstić information content (AvgIpc) is 2.84. The maximum absolute atomic E-state index is 5.47. The fourth-order valence-corrected chi connectivity index (χ4v) is 2.36. The van der Waals surface area contributed by atoms with Gasteiger partial charge in [0.25, 0.3) is 0 Å². The molecule has 1 N–H and O–H groups in total.